The fourth-order valence-electron chi connectivity index (χ4n) is 3.25. The van der Waals surface area contributed by atoms with Crippen molar-refractivity contribution >= 4 is 75.0 Å². The summed E-state index contributed by atoms with van der Waals surface area (Å²) in [6.07, 6.45) is 2.27. The maximum Gasteiger partial charge on any atom is 0.266 e. The summed E-state index contributed by atoms with van der Waals surface area (Å²) in [5.41, 5.74) is 6.94. The van der Waals surface area contributed by atoms with Gasteiger partial charge in [0.25, 0.3) is 11.1 Å². The van der Waals surface area contributed by atoms with Gasteiger partial charge in [0.15, 0.2) is 5.58 Å². The predicted molar refractivity (Wildman–Crippen MR) is 143 cm³/mol. The molecule has 1 saturated heterocycles. The first-order valence-electron chi connectivity index (χ1n) is 10.9. The molecule has 2 N–H and O–H groups in total. The summed E-state index contributed by atoms with van der Waals surface area (Å²) in [6.45, 7) is 0.301. The van der Waals surface area contributed by atoms with Gasteiger partial charge in [-0.15, -0.1) is 0 Å². The SMILES string of the molecule is COc1cccc(/C=C2/SC(=S)N(CCCC(=O)NNC(=O)CSc3nc4ccccc4o3)C2=O)c1. The van der Waals surface area contributed by atoms with E-state index in [0.29, 0.717) is 44.3 Å². The number of fused-ring (bicyclic) bond motifs is 1. The second-order valence-electron chi connectivity index (χ2n) is 7.55. The highest BCUT2D eigenvalue weighted by Crippen LogP contribution is 2.33. The quantitative estimate of drug-likeness (QED) is 0.181. The number of para-hydroxylation sites is 2. The molecule has 3 aromatic rings. The zero-order valence-corrected chi connectivity index (χ0v) is 21.6. The molecule has 9 nitrogen and oxygen atoms in total. The number of thiocarbonyl (C=S) groups is 1. The van der Waals surface area contributed by atoms with Crippen molar-refractivity contribution in [1.82, 2.24) is 20.7 Å². The van der Waals surface area contributed by atoms with Gasteiger partial charge in [-0.3, -0.25) is 30.1 Å². The summed E-state index contributed by atoms with van der Waals surface area (Å²) in [5.74, 6) is -0.230. The third kappa shape index (κ3) is 6.65. The molecule has 0 atom stereocenters. The number of hydrazine groups is 1. The minimum atomic E-state index is -0.393. The second kappa shape index (κ2) is 12.1. The van der Waals surface area contributed by atoms with E-state index in [-0.39, 0.29) is 24.0 Å². The summed E-state index contributed by atoms with van der Waals surface area (Å²) in [7, 11) is 1.58. The number of benzene rings is 2. The van der Waals surface area contributed by atoms with Gasteiger partial charge in [-0.05, 0) is 42.3 Å². The molecule has 3 amide bonds. The van der Waals surface area contributed by atoms with E-state index < -0.39 is 5.91 Å². The molecule has 0 unspecified atom stereocenters. The molecule has 12 heteroatoms. The summed E-state index contributed by atoms with van der Waals surface area (Å²) in [5, 5.41) is 0.376. The van der Waals surface area contributed by atoms with E-state index in [1.165, 1.54) is 16.7 Å². The number of methoxy groups -OCH3 is 1. The lowest BCUT2D eigenvalue weighted by atomic mass is 10.2. The molecule has 0 saturated carbocycles. The Labute approximate surface area is 221 Å². The first-order valence-corrected chi connectivity index (χ1v) is 13.1. The standard InChI is InChI=1S/C24H22N4O5S3/c1-32-16-7-4-6-15(12-16)13-19-22(31)28(24(34)36-19)11-5-10-20(29)26-27-21(30)14-35-23-25-17-8-2-3-9-18(17)33-23/h2-4,6-9,12-13H,5,10-11,14H2,1H3,(H,26,29)(H,27,30)/b19-13+. The molecule has 0 spiro atoms. The third-order valence-electron chi connectivity index (χ3n) is 4.99. The Morgan fingerprint density at radius 2 is 2.00 bits per heavy atom. The second-order valence-corrected chi connectivity index (χ2v) is 10.1. The van der Waals surface area contributed by atoms with Crippen LogP contribution < -0.4 is 15.6 Å². The molecular weight excluding hydrogens is 520 g/mol. The van der Waals surface area contributed by atoms with Gasteiger partial charge in [0, 0.05) is 13.0 Å². The molecule has 186 valence electrons. The first kappa shape index (κ1) is 25.7. The topological polar surface area (TPSA) is 114 Å². The normalized spacial score (nSPS) is 14.5. The Morgan fingerprint density at radius 3 is 2.81 bits per heavy atom. The number of nitrogens with zero attached hydrogens (tertiary/aromatic N) is 2. The van der Waals surface area contributed by atoms with Crippen molar-refractivity contribution in [3.63, 3.8) is 0 Å². The lowest BCUT2D eigenvalue weighted by Crippen LogP contribution is -2.42. The van der Waals surface area contributed by atoms with Crippen LogP contribution in [-0.2, 0) is 14.4 Å². The zero-order valence-electron chi connectivity index (χ0n) is 19.2. The molecule has 0 radical (unpaired) electrons. The minimum Gasteiger partial charge on any atom is -0.497 e. The van der Waals surface area contributed by atoms with Crippen LogP contribution in [0.2, 0.25) is 0 Å². The van der Waals surface area contributed by atoms with E-state index in [0.717, 1.165) is 17.3 Å². The number of amides is 3. The number of hydrogen-bond donors (Lipinski definition) is 2. The molecule has 2 heterocycles. The number of nitrogens with one attached hydrogen (secondary N) is 2. The van der Waals surface area contributed by atoms with Crippen molar-refractivity contribution < 1.29 is 23.5 Å². The smallest absolute Gasteiger partial charge is 0.266 e. The van der Waals surface area contributed by atoms with Crippen LogP contribution in [0.25, 0.3) is 17.2 Å². The van der Waals surface area contributed by atoms with Crippen LogP contribution >= 0.6 is 35.7 Å². The van der Waals surface area contributed by atoms with Gasteiger partial charge >= 0.3 is 0 Å². The molecular formula is C24H22N4O5S3. The van der Waals surface area contributed by atoms with Gasteiger partial charge in [-0.2, -0.15) is 0 Å². The fourth-order valence-corrected chi connectivity index (χ4v) is 5.20. The van der Waals surface area contributed by atoms with Crippen molar-refractivity contribution in [2.24, 2.45) is 0 Å². The molecule has 2 aromatic carbocycles. The number of carbonyl (C=O) groups is 3. The highest BCUT2D eigenvalue weighted by molar-refractivity contribution is 8.26. The molecule has 0 aliphatic carbocycles. The number of hydrogen-bond acceptors (Lipinski definition) is 9. The van der Waals surface area contributed by atoms with Crippen molar-refractivity contribution in [3.8, 4) is 5.75 Å². The number of aromatic nitrogens is 1. The first-order chi connectivity index (χ1) is 17.4. The molecule has 1 aliphatic rings. The molecule has 1 aromatic heterocycles. The molecule has 1 fully saturated rings. The summed E-state index contributed by atoms with van der Waals surface area (Å²) < 4.78 is 11.2. The van der Waals surface area contributed by atoms with Gasteiger partial charge in [0.05, 0.1) is 17.8 Å². The predicted octanol–water partition coefficient (Wildman–Crippen LogP) is 3.76. The fraction of sp³-hybridized carbons (Fsp3) is 0.208. The largest absolute Gasteiger partial charge is 0.497 e. The van der Waals surface area contributed by atoms with Crippen molar-refractivity contribution in [3.05, 3.63) is 59.0 Å². The zero-order chi connectivity index (χ0) is 25.5. The lowest BCUT2D eigenvalue weighted by molar-refractivity contribution is -0.128. The lowest BCUT2D eigenvalue weighted by Gasteiger charge is -2.14. The summed E-state index contributed by atoms with van der Waals surface area (Å²) >= 11 is 7.70. The van der Waals surface area contributed by atoms with E-state index in [4.69, 9.17) is 21.4 Å². The van der Waals surface area contributed by atoms with Gasteiger partial charge in [0.2, 0.25) is 11.8 Å². The van der Waals surface area contributed by atoms with Crippen LogP contribution in [0, 0.1) is 0 Å². The van der Waals surface area contributed by atoms with Gasteiger partial charge in [-0.25, -0.2) is 4.98 Å². The van der Waals surface area contributed by atoms with Crippen molar-refractivity contribution in [2.75, 3.05) is 19.4 Å². The molecule has 0 bridgehead atoms. The number of ether oxygens (including phenoxy) is 1. The van der Waals surface area contributed by atoms with E-state index in [9.17, 15) is 14.4 Å². The Kier molecular flexibility index (Phi) is 8.62. The van der Waals surface area contributed by atoms with Gasteiger partial charge in [-0.1, -0.05) is 60.0 Å². The number of oxazole rings is 1. The van der Waals surface area contributed by atoms with Crippen LogP contribution in [0.5, 0.6) is 5.75 Å². The maximum atomic E-state index is 12.8. The number of carbonyl (C=O) groups excluding carboxylic acids is 3. The van der Waals surface area contributed by atoms with Gasteiger partial charge < -0.3 is 9.15 Å². The third-order valence-corrected chi connectivity index (χ3v) is 7.20. The monoisotopic (exact) mass is 542 g/mol. The van der Waals surface area contributed by atoms with Crippen molar-refractivity contribution in [2.45, 2.75) is 18.1 Å². The van der Waals surface area contributed by atoms with Crippen molar-refractivity contribution in [1.29, 1.82) is 0 Å². The highest BCUT2D eigenvalue weighted by atomic mass is 32.2. The maximum absolute atomic E-state index is 12.8. The van der Waals surface area contributed by atoms with Crippen LogP contribution in [0.4, 0.5) is 0 Å². The Morgan fingerprint density at radius 1 is 1.19 bits per heavy atom. The number of thioether (sulfide) groups is 2. The summed E-state index contributed by atoms with van der Waals surface area (Å²) in [6, 6.07) is 14.7. The molecule has 1 aliphatic heterocycles. The Bertz CT molecular complexity index is 1310. The van der Waals surface area contributed by atoms with Crippen LogP contribution in [0.1, 0.15) is 18.4 Å². The average Bonchev–Trinajstić information content (AvgIpc) is 3.42. The van der Waals surface area contributed by atoms with Crippen LogP contribution in [0.15, 0.2) is 63.1 Å². The van der Waals surface area contributed by atoms with Crippen LogP contribution in [0.3, 0.4) is 0 Å². The highest BCUT2D eigenvalue weighted by Gasteiger charge is 2.31. The minimum absolute atomic E-state index is 0.0310. The Balaban J connectivity index is 1.18. The molecule has 4 rings (SSSR count). The van der Waals surface area contributed by atoms with E-state index in [2.05, 4.69) is 15.8 Å². The summed E-state index contributed by atoms with van der Waals surface area (Å²) in [4.78, 5) is 43.2. The van der Waals surface area contributed by atoms with E-state index >= 15 is 0 Å². The van der Waals surface area contributed by atoms with Gasteiger partial charge in [0.1, 0.15) is 15.6 Å². The van der Waals surface area contributed by atoms with E-state index in [1.54, 1.807) is 19.3 Å². The number of rotatable bonds is 9. The molecule has 36 heavy (non-hydrogen) atoms. The average molecular weight is 543 g/mol. The Hall–Kier alpha value is -3.35. The van der Waals surface area contributed by atoms with Crippen LogP contribution in [-0.4, -0.2) is 51.3 Å². The van der Waals surface area contributed by atoms with E-state index in [1.807, 2.05) is 42.5 Å².